The number of nitriles is 1. The van der Waals surface area contributed by atoms with Crippen molar-refractivity contribution in [3.05, 3.63) is 28.8 Å². The Morgan fingerprint density at radius 3 is 2.75 bits per heavy atom. The van der Waals surface area contributed by atoms with E-state index in [9.17, 15) is 4.79 Å². The van der Waals surface area contributed by atoms with Crippen molar-refractivity contribution in [2.45, 2.75) is 19.3 Å². The normalized spacial score (nSPS) is 11.6. The van der Waals surface area contributed by atoms with Crippen molar-refractivity contribution in [2.24, 2.45) is 0 Å². The highest BCUT2D eigenvalue weighted by molar-refractivity contribution is 6.32. The van der Waals surface area contributed by atoms with Crippen LogP contribution in [0.25, 0.3) is 0 Å². The predicted molar refractivity (Wildman–Crippen MR) is 61.7 cm³/mol. The first-order valence-corrected chi connectivity index (χ1v) is 5.27. The van der Waals surface area contributed by atoms with Crippen molar-refractivity contribution in [1.82, 2.24) is 0 Å². The van der Waals surface area contributed by atoms with Gasteiger partial charge in [0.2, 0.25) is 0 Å². The fourth-order valence-corrected chi connectivity index (χ4v) is 1.66. The summed E-state index contributed by atoms with van der Waals surface area (Å²) in [6.45, 7) is 1.73. The van der Waals surface area contributed by atoms with E-state index < -0.39 is 5.92 Å². The van der Waals surface area contributed by atoms with Crippen LogP contribution in [0.5, 0.6) is 5.75 Å². The Bertz CT molecular complexity index is 437. The zero-order valence-corrected chi connectivity index (χ0v) is 9.91. The molecule has 0 aromatic heterocycles. The van der Waals surface area contributed by atoms with Crippen LogP contribution in [0.1, 0.15) is 24.8 Å². The molecule has 0 saturated heterocycles. The van der Waals surface area contributed by atoms with Gasteiger partial charge in [0.05, 0.1) is 18.2 Å². The molecule has 0 amide bonds. The Hall–Kier alpha value is -1.53. The molecule has 0 fully saturated rings. The number of Topliss-reactive ketones (excluding diaryl/α,β-unsaturated/α-hetero) is 1. The maximum absolute atomic E-state index is 11.5. The summed E-state index contributed by atoms with van der Waals surface area (Å²) in [5.74, 6) is -0.316. The molecule has 1 atom stereocenters. The predicted octanol–water partition coefficient (Wildman–Crippen LogP) is 2.93. The molecular weight excluding hydrogens is 226 g/mol. The second-order valence-corrected chi connectivity index (χ2v) is 3.68. The van der Waals surface area contributed by atoms with E-state index in [-0.39, 0.29) is 5.78 Å². The summed E-state index contributed by atoms with van der Waals surface area (Å²) in [5, 5.41) is 9.36. The van der Waals surface area contributed by atoms with Gasteiger partial charge in [-0.25, -0.2) is 0 Å². The van der Waals surface area contributed by atoms with E-state index >= 15 is 0 Å². The van der Waals surface area contributed by atoms with Gasteiger partial charge in [-0.05, 0) is 17.7 Å². The number of ketones is 1. The van der Waals surface area contributed by atoms with Crippen molar-refractivity contribution in [2.75, 3.05) is 7.11 Å². The Balaban J connectivity index is 3.09. The van der Waals surface area contributed by atoms with Crippen LogP contribution in [-0.4, -0.2) is 12.9 Å². The van der Waals surface area contributed by atoms with Gasteiger partial charge in [-0.1, -0.05) is 24.6 Å². The zero-order valence-electron chi connectivity index (χ0n) is 9.16. The Labute approximate surface area is 99.6 Å². The molecule has 1 rings (SSSR count). The van der Waals surface area contributed by atoms with Crippen LogP contribution in [0, 0.1) is 11.3 Å². The maximum atomic E-state index is 11.5. The largest absolute Gasteiger partial charge is 0.495 e. The lowest BCUT2D eigenvalue weighted by atomic mass is 9.95. The Kier molecular flexibility index (Phi) is 4.33. The third-order valence-electron chi connectivity index (χ3n) is 2.31. The minimum Gasteiger partial charge on any atom is -0.495 e. The van der Waals surface area contributed by atoms with Crippen molar-refractivity contribution in [3.63, 3.8) is 0 Å². The van der Waals surface area contributed by atoms with Gasteiger partial charge < -0.3 is 4.74 Å². The first kappa shape index (κ1) is 12.5. The molecule has 0 aliphatic heterocycles. The molecule has 1 aromatic carbocycles. The van der Waals surface area contributed by atoms with Gasteiger partial charge >= 0.3 is 0 Å². The van der Waals surface area contributed by atoms with Crippen LogP contribution in [0.2, 0.25) is 5.02 Å². The fourth-order valence-electron chi connectivity index (χ4n) is 1.40. The van der Waals surface area contributed by atoms with Crippen LogP contribution in [0.15, 0.2) is 18.2 Å². The number of nitrogens with zero attached hydrogens (tertiary/aromatic N) is 1. The number of rotatable bonds is 4. The van der Waals surface area contributed by atoms with E-state index in [4.69, 9.17) is 21.6 Å². The highest BCUT2D eigenvalue weighted by atomic mass is 35.5. The standard InChI is InChI=1S/C12H12ClNO2/c1-3-11(15)9(7-14)8-4-5-12(16-2)10(13)6-8/h4-6,9H,3H2,1-2H3. The quantitative estimate of drug-likeness (QED) is 0.809. The molecular formula is C12H12ClNO2. The Morgan fingerprint density at radius 1 is 1.62 bits per heavy atom. The first-order chi connectivity index (χ1) is 7.63. The smallest absolute Gasteiger partial charge is 0.154 e. The van der Waals surface area contributed by atoms with Gasteiger partial charge in [-0.2, -0.15) is 5.26 Å². The summed E-state index contributed by atoms with van der Waals surface area (Å²) in [6, 6.07) is 6.93. The van der Waals surface area contributed by atoms with Crippen LogP contribution >= 0.6 is 11.6 Å². The molecule has 0 radical (unpaired) electrons. The van der Waals surface area contributed by atoms with Gasteiger partial charge in [-0.3, -0.25) is 4.79 Å². The maximum Gasteiger partial charge on any atom is 0.154 e. The second kappa shape index (κ2) is 5.53. The highest BCUT2D eigenvalue weighted by Crippen LogP contribution is 2.28. The summed E-state index contributed by atoms with van der Waals surface area (Å²) in [6.07, 6.45) is 0.335. The lowest BCUT2D eigenvalue weighted by molar-refractivity contribution is -0.119. The molecule has 0 aliphatic carbocycles. The van der Waals surface area contributed by atoms with E-state index in [1.165, 1.54) is 7.11 Å². The summed E-state index contributed by atoms with van der Waals surface area (Å²) >= 11 is 5.93. The molecule has 0 saturated carbocycles. The molecule has 4 heteroatoms. The first-order valence-electron chi connectivity index (χ1n) is 4.89. The molecule has 84 valence electrons. The summed E-state index contributed by atoms with van der Waals surface area (Å²) < 4.78 is 5.00. The molecule has 0 aliphatic rings. The van der Waals surface area contributed by atoms with Crippen molar-refractivity contribution < 1.29 is 9.53 Å². The average molecular weight is 238 g/mol. The minimum absolute atomic E-state index is 0.108. The van der Waals surface area contributed by atoms with Crippen LogP contribution < -0.4 is 4.74 Å². The molecule has 16 heavy (non-hydrogen) atoms. The molecule has 0 heterocycles. The number of halogens is 1. The number of hydrogen-bond acceptors (Lipinski definition) is 3. The van der Waals surface area contributed by atoms with E-state index in [0.29, 0.717) is 22.8 Å². The number of carbonyl (C=O) groups excluding carboxylic acids is 1. The average Bonchev–Trinajstić information content (AvgIpc) is 2.30. The number of methoxy groups -OCH3 is 1. The topological polar surface area (TPSA) is 50.1 Å². The van der Waals surface area contributed by atoms with Gasteiger partial charge in [0.15, 0.2) is 5.78 Å². The molecule has 1 aromatic rings. The van der Waals surface area contributed by atoms with Crippen molar-refractivity contribution in [3.8, 4) is 11.8 Å². The summed E-state index contributed by atoms with van der Waals surface area (Å²) in [5.41, 5.74) is 0.611. The summed E-state index contributed by atoms with van der Waals surface area (Å²) in [4.78, 5) is 11.5. The highest BCUT2D eigenvalue weighted by Gasteiger charge is 2.19. The number of benzene rings is 1. The number of carbonyl (C=O) groups is 1. The minimum atomic E-state index is -0.742. The van der Waals surface area contributed by atoms with Crippen LogP contribution in [0.3, 0.4) is 0 Å². The van der Waals surface area contributed by atoms with Gasteiger partial charge in [0.1, 0.15) is 11.7 Å². The lowest BCUT2D eigenvalue weighted by Gasteiger charge is -2.09. The van der Waals surface area contributed by atoms with E-state index in [1.54, 1.807) is 25.1 Å². The molecule has 0 spiro atoms. The molecule has 0 N–H and O–H groups in total. The van der Waals surface area contributed by atoms with E-state index in [1.807, 2.05) is 6.07 Å². The second-order valence-electron chi connectivity index (χ2n) is 3.28. The third-order valence-corrected chi connectivity index (χ3v) is 2.60. The number of ether oxygens (including phenoxy) is 1. The van der Waals surface area contributed by atoms with Gasteiger partial charge in [-0.15, -0.1) is 0 Å². The molecule has 0 bridgehead atoms. The SMILES string of the molecule is CCC(=O)C(C#N)c1ccc(OC)c(Cl)c1. The molecule has 3 nitrogen and oxygen atoms in total. The van der Waals surface area contributed by atoms with Crippen LogP contribution in [0.4, 0.5) is 0 Å². The van der Waals surface area contributed by atoms with E-state index in [0.717, 1.165) is 0 Å². The molecule has 1 unspecified atom stereocenters. The monoisotopic (exact) mass is 237 g/mol. The fraction of sp³-hybridized carbons (Fsp3) is 0.333. The zero-order chi connectivity index (χ0) is 12.1. The van der Waals surface area contributed by atoms with Crippen molar-refractivity contribution >= 4 is 17.4 Å². The third kappa shape index (κ3) is 2.53. The lowest BCUT2D eigenvalue weighted by Crippen LogP contribution is -2.09. The van der Waals surface area contributed by atoms with E-state index in [2.05, 4.69) is 0 Å². The van der Waals surface area contributed by atoms with Crippen LogP contribution in [-0.2, 0) is 4.79 Å². The van der Waals surface area contributed by atoms with Gasteiger partial charge in [0, 0.05) is 6.42 Å². The van der Waals surface area contributed by atoms with Crippen molar-refractivity contribution in [1.29, 1.82) is 5.26 Å². The Morgan fingerprint density at radius 2 is 2.31 bits per heavy atom. The number of hydrogen-bond donors (Lipinski definition) is 0. The summed E-state index contributed by atoms with van der Waals surface area (Å²) in [7, 11) is 1.51. The van der Waals surface area contributed by atoms with Gasteiger partial charge in [0.25, 0.3) is 0 Å².